The molecule has 2 heterocycles. The second-order valence-corrected chi connectivity index (χ2v) is 22.5. The van der Waals surface area contributed by atoms with Gasteiger partial charge in [-0.2, -0.15) is 0 Å². The Morgan fingerprint density at radius 1 is 0.867 bits per heavy atom. The molecule has 0 aliphatic carbocycles. The molecule has 4 N–H and O–H groups in total. The minimum Gasteiger partial charge on any atom is -1.00 e. The Balaban J connectivity index is -0.000000179. The summed E-state index contributed by atoms with van der Waals surface area (Å²) in [6.45, 7) is 24.8. The topological polar surface area (TPSA) is 196 Å². The SMILES string of the molecule is CC(C)(C)[Si](C)(C)OCCCN1C(=O)CCNC1=O.CC(C)(C)[Si](C)(C)OCCCO.O=C1CCNC(=O)N1.O=CO[O-].[Cs+].[Cs+].[H-]. The molecular formula is C27H56Cs2N4O10Si2. The summed E-state index contributed by atoms with van der Waals surface area (Å²) in [6, 6.07) is -0.662. The van der Waals surface area contributed by atoms with Gasteiger partial charge in [-0.25, -0.2) is 9.59 Å². The van der Waals surface area contributed by atoms with Crippen LogP contribution in [0.2, 0.25) is 36.3 Å². The van der Waals surface area contributed by atoms with Gasteiger partial charge in [0.05, 0.1) is 0 Å². The summed E-state index contributed by atoms with van der Waals surface area (Å²) in [7, 11) is -3.28. The predicted molar refractivity (Wildman–Crippen MR) is 167 cm³/mol. The first kappa shape index (κ1) is 53.5. The molecule has 2 aliphatic heterocycles. The quantitative estimate of drug-likeness (QED) is 0.0562. The van der Waals surface area contributed by atoms with Crippen LogP contribution < -0.4 is 159 Å². The van der Waals surface area contributed by atoms with Crippen molar-refractivity contribution in [2.45, 2.75) is 103 Å². The number of urea groups is 2. The average Bonchev–Trinajstić information content (AvgIpc) is 2.87. The van der Waals surface area contributed by atoms with Gasteiger partial charge in [-0.1, -0.05) is 41.5 Å². The molecule has 2 aliphatic rings. The summed E-state index contributed by atoms with van der Waals surface area (Å²) in [4.78, 5) is 56.2. The fourth-order valence-corrected chi connectivity index (χ4v) is 4.92. The Morgan fingerprint density at radius 2 is 1.31 bits per heavy atom. The van der Waals surface area contributed by atoms with Crippen LogP contribution in [0.4, 0.5) is 9.59 Å². The molecule has 2 rings (SSSR count). The monoisotopic (exact) mass is 918 g/mol. The molecule has 0 aromatic carbocycles. The molecule has 0 aromatic rings. The molecule has 0 spiro atoms. The molecule has 0 aromatic heterocycles. The Hall–Kier alpha value is 1.73. The van der Waals surface area contributed by atoms with E-state index in [9.17, 15) is 19.2 Å². The normalized spacial score (nSPS) is 15.0. The first-order valence-electron chi connectivity index (χ1n) is 14.4. The molecule has 0 bridgehead atoms. The molecule has 6 amide bonds. The third kappa shape index (κ3) is 25.4. The Bertz CT molecular complexity index is 864. The predicted octanol–water partition coefficient (Wildman–Crippen LogP) is -3.50. The molecule has 18 heteroatoms. The van der Waals surface area contributed by atoms with Crippen molar-refractivity contribution < 1.29 is 187 Å². The van der Waals surface area contributed by atoms with Gasteiger partial charge in [0.25, 0.3) is 6.47 Å². The van der Waals surface area contributed by atoms with Gasteiger partial charge in [0, 0.05) is 52.3 Å². The summed E-state index contributed by atoms with van der Waals surface area (Å²) in [5.74, 6) is -0.287. The molecule has 45 heavy (non-hydrogen) atoms. The van der Waals surface area contributed by atoms with Gasteiger partial charge < -0.3 is 36.2 Å². The van der Waals surface area contributed by atoms with Crippen LogP contribution in [-0.2, 0) is 28.1 Å². The van der Waals surface area contributed by atoms with Crippen molar-refractivity contribution in [1.29, 1.82) is 0 Å². The van der Waals surface area contributed by atoms with Crippen molar-refractivity contribution >= 4 is 47.0 Å². The van der Waals surface area contributed by atoms with Crippen molar-refractivity contribution in [1.82, 2.24) is 20.9 Å². The van der Waals surface area contributed by atoms with Crippen molar-refractivity contribution in [2.75, 3.05) is 39.5 Å². The molecule has 14 nitrogen and oxygen atoms in total. The van der Waals surface area contributed by atoms with E-state index in [0.717, 1.165) is 6.42 Å². The first-order chi connectivity index (χ1) is 19.7. The first-order valence-corrected chi connectivity index (χ1v) is 20.3. The molecule has 0 atom stereocenters. The summed E-state index contributed by atoms with van der Waals surface area (Å²) >= 11 is 0. The van der Waals surface area contributed by atoms with Crippen LogP contribution in [0.1, 0.15) is 68.7 Å². The average molecular weight is 919 g/mol. The van der Waals surface area contributed by atoms with Gasteiger partial charge in [-0.15, -0.1) is 0 Å². The number of aliphatic hydroxyl groups is 1. The van der Waals surface area contributed by atoms with E-state index in [1.165, 1.54) is 4.90 Å². The Morgan fingerprint density at radius 3 is 1.64 bits per heavy atom. The maximum absolute atomic E-state index is 11.6. The number of hydrogen-bond acceptors (Lipinski definition) is 10. The van der Waals surface area contributed by atoms with E-state index in [0.29, 0.717) is 52.1 Å². The van der Waals surface area contributed by atoms with E-state index >= 15 is 0 Å². The molecular weight excluding hydrogens is 862 g/mol. The third-order valence-corrected chi connectivity index (χ3v) is 16.5. The largest absolute Gasteiger partial charge is 1.00 e. The zero-order chi connectivity index (χ0) is 33.9. The van der Waals surface area contributed by atoms with Gasteiger partial charge in [0.1, 0.15) is 0 Å². The van der Waals surface area contributed by atoms with Crippen molar-refractivity contribution in [3.8, 4) is 0 Å². The maximum atomic E-state index is 11.6. The van der Waals surface area contributed by atoms with Crippen LogP contribution in [0.15, 0.2) is 0 Å². The standard InChI is InChI=1S/C13H26N2O3Si.C9H22O2Si.C4H6N2O2.CH2O3.2Cs.H/c1-13(2,3)19(4,5)18-10-6-9-15-11(16)7-8-14-12(15)17;1-9(2,3)12(4,5)11-8-6-7-10;7-3-1-2-5-4(8)6-3;2-1-4-3;;;/h6-10H2,1-5H3,(H,14,17);10H,6-8H2,1-5H3;1-2H2,(H2,5,6,7,8);1,3H;;;/q;;;;2*+1;-1/p-1. The number of nitrogens with one attached hydrogen (secondary N) is 3. The van der Waals surface area contributed by atoms with Crippen LogP contribution in [0.5, 0.6) is 0 Å². The van der Waals surface area contributed by atoms with Crippen LogP contribution in [0, 0.1) is 0 Å². The molecule has 0 radical (unpaired) electrons. The van der Waals surface area contributed by atoms with E-state index < -0.39 is 16.6 Å². The number of hydrogen-bond donors (Lipinski definition) is 4. The minimum atomic E-state index is -1.73. The molecule has 2 fully saturated rings. The number of aliphatic hydroxyl groups excluding tert-OH is 1. The van der Waals surface area contributed by atoms with E-state index in [1.807, 2.05) is 0 Å². The van der Waals surface area contributed by atoms with Crippen LogP contribution in [-0.4, -0.2) is 96.4 Å². The molecule has 0 saturated carbocycles. The number of rotatable bonds is 10. The van der Waals surface area contributed by atoms with E-state index in [1.54, 1.807) is 0 Å². The van der Waals surface area contributed by atoms with Crippen LogP contribution >= 0.6 is 0 Å². The van der Waals surface area contributed by atoms with Crippen molar-refractivity contribution in [2.24, 2.45) is 0 Å². The summed E-state index contributed by atoms with van der Waals surface area (Å²) in [6.07, 6.45) is 2.25. The van der Waals surface area contributed by atoms with Gasteiger partial charge in [-0.05, 0) is 49.1 Å². The van der Waals surface area contributed by atoms with Gasteiger partial charge in [0.2, 0.25) is 11.8 Å². The Kier molecular flexibility index (Phi) is 32.6. The van der Waals surface area contributed by atoms with E-state index in [-0.39, 0.29) is 186 Å². The number of imide groups is 2. The maximum Gasteiger partial charge on any atom is 1.00 e. The summed E-state index contributed by atoms with van der Waals surface area (Å²) in [5.41, 5.74) is 0. The zero-order valence-corrected chi connectivity index (χ0v) is 44.3. The number of nitrogens with zero attached hydrogens (tertiary/aromatic N) is 1. The smallest absolute Gasteiger partial charge is 1.00 e. The van der Waals surface area contributed by atoms with Crippen molar-refractivity contribution in [3.05, 3.63) is 0 Å². The fourth-order valence-electron chi connectivity index (χ4n) is 2.74. The second-order valence-electron chi connectivity index (χ2n) is 12.9. The molecule has 254 valence electrons. The Labute approximate surface area is 390 Å². The van der Waals surface area contributed by atoms with Gasteiger partial charge in [0.15, 0.2) is 16.6 Å². The zero-order valence-electron chi connectivity index (χ0n) is 30.7. The van der Waals surface area contributed by atoms with E-state index in [4.69, 9.17) is 24.0 Å². The minimum absolute atomic E-state index is 0. The molecule has 2 saturated heterocycles. The van der Waals surface area contributed by atoms with Crippen molar-refractivity contribution in [3.63, 3.8) is 0 Å². The molecule has 0 unspecified atom stereocenters. The van der Waals surface area contributed by atoms with Crippen LogP contribution in [0.25, 0.3) is 0 Å². The number of carbonyl (C=O) groups is 5. The number of carbonyl (C=O) groups excluding carboxylic acids is 5. The summed E-state index contributed by atoms with van der Waals surface area (Å²) in [5, 5.41) is 24.7. The van der Waals surface area contributed by atoms with Gasteiger partial charge in [-0.3, -0.25) is 24.6 Å². The van der Waals surface area contributed by atoms with Gasteiger partial charge >= 0.3 is 150 Å². The summed E-state index contributed by atoms with van der Waals surface area (Å²) < 4.78 is 11.8. The van der Waals surface area contributed by atoms with Crippen LogP contribution in [0.3, 0.4) is 0 Å². The number of amides is 6. The van der Waals surface area contributed by atoms with E-state index in [2.05, 4.69) is 88.6 Å². The fraction of sp³-hybridized carbons (Fsp3) is 0.815. The third-order valence-electron chi connectivity index (χ3n) is 7.46. The second kappa shape index (κ2) is 27.5.